The van der Waals surface area contributed by atoms with Crippen molar-refractivity contribution in [2.24, 2.45) is 0 Å². The van der Waals surface area contributed by atoms with Gasteiger partial charge in [-0.2, -0.15) is 0 Å². The summed E-state index contributed by atoms with van der Waals surface area (Å²) in [6.45, 7) is 4.07. The zero-order valence-electron chi connectivity index (χ0n) is 14.5. The van der Waals surface area contributed by atoms with Crippen LogP contribution in [-0.4, -0.2) is 50.1 Å². The fraction of sp³-hybridized carbons (Fsp3) is 0.556. The summed E-state index contributed by atoms with van der Waals surface area (Å²) in [5.41, 5.74) is 0.959. The first-order chi connectivity index (χ1) is 11.7. The molecule has 1 aliphatic heterocycles. The highest BCUT2D eigenvalue weighted by Gasteiger charge is 2.25. The average Bonchev–Trinajstić information content (AvgIpc) is 2.59. The van der Waals surface area contributed by atoms with E-state index < -0.39 is 0 Å². The number of unbranched alkanes of at least 4 members (excludes halogenated alkanes) is 2. The van der Waals surface area contributed by atoms with Gasteiger partial charge in [0.15, 0.2) is 6.61 Å². The highest BCUT2D eigenvalue weighted by atomic mass is 16.5. The van der Waals surface area contributed by atoms with Gasteiger partial charge in [0, 0.05) is 26.8 Å². The van der Waals surface area contributed by atoms with E-state index in [1.165, 1.54) is 0 Å². The smallest absolute Gasteiger partial charge is 0.262 e. The summed E-state index contributed by atoms with van der Waals surface area (Å²) < 4.78 is 10.5. The molecule has 2 amide bonds. The number of amides is 2. The normalized spacial score (nSPS) is 13.0. The van der Waals surface area contributed by atoms with E-state index in [4.69, 9.17) is 9.47 Å². The molecule has 1 aliphatic rings. The Morgan fingerprint density at radius 3 is 2.83 bits per heavy atom. The van der Waals surface area contributed by atoms with Gasteiger partial charge >= 0.3 is 0 Å². The molecule has 1 aromatic carbocycles. The van der Waals surface area contributed by atoms with Crippen molar-refractivity contribution < 1.29 is 19.1 Å². The molecule has 0 aromatic heterocycles. The molecule has 6 heteroatoms. The molecule has 0 aliphatic carbocycles. The van der Waals surface area contributed by atoms with Crippen LogP contribution in [0.5, 0.6) is 5.75 Å². The van der Waals surface area contributed by atoms with Crippen molar-refractivity contribution in [2.45, 2.75) is 32.6 Å². The van der Waals surface area contributed by atoms with Crippen molar-refractivity contribution in [1.29, 1.82) is 0 Å². The Morgan fingerprint density at radius 2 is 2.08 bits per heavy atom. The zero-order chi connectivity index (χ0) is 17.4. The third kappa shape index (κ3) is 4.71. The van der Waals surface area contributed by atoms with E-state index in [0.29, 0.717) is 36.7 Å². The van der Waals surface area contributed by atoms with E-state index in [1.807, 2.05) is 4.90 Å². The van der Waals surface area contributed by atoms with Crippen molar-refractivity contribution in [3.05, 3.63) is 23.8 Å². The van der Waals surface area contributed by atoms with E-state index in [9.17, 15) is 9.59 Å². The lowest BCUT2D eigenvalue weighted by Gasteiger charge is -2.26. The minimum absolute atomic E-state index is 0.0152. The monoisotopic (exact) mass is 334 g/mol. The van der Waals surface area contributed by atoms with Gasteiger partial charge in [0.2, 0.25) is 0 Å². The number of carbonyl (C=O) groups is 2. The first kappa shape index (κ1) is 18.3. The van der Waals surface area contributed by atoms with Gasteiger partial charge in [-0.15, -0.1) is 0 Å². The van der Waals surface area contributed by atoms with E-state index >= 15 is 0 Å². The summed E-state index contributed by atoms with van der Waals surface area (Å²) in [4.78, 5) is 26.4. The van der Waals surface area contributed by atoms with Crippen LogP contribution in [0.2, 0.25) is 0 Å². The number of hydrogen-bond donors (Lipinski definition) is 1. The molecule has 1 aromatic rings. The minimum Gasteiger partial charge on any atom is -0.482 e. The third-order valence-electron chi connectivity index (χ3n) is 3.98. The second kappa shape index (κ2) is 9.27. The van der Waals surface area contributed by atoms with Crippen LogP contribution in [0.25, 0.3) is 0 Å². The molecule has 0 saturated carbocycles. The summed E-state index contributed by atoms with van der Waals surface area (Å²) in [5.74, 6) is 0.232. The van der Waals surface area contributed by atoms with Gasteiger partial charge in [0.25, 0.3) is 11.8 Å². The first-order valence-electron chi connectivity index (χ1n) is 8.51. The summed E-state index contributed by atoms with van der Waals surface area (Å²) in [6.07, 6.45) is 3.94. The third-order valence-corrected chi connectivity index (χ3v) is 3.98. The van der Waals surface area contributed by atoms with Crippen molar-refractivity contribution in [3.8, 4) is 5.75 Å². The summed E-state index contributed by atoms with van der Waals surface area (Å²) >= 11 is 0. The predicted molar refractivity (Wildman–Crippen MR) is 92.5 cm³/mol. The molecule has 1 N–H and O–H groups in total. The predicted octanol–water partition coefficient (Wildman–Crippen LogP) is 2.69. The molecule has 0 saturated heterocycles. The van der Waals surface area contributed by atoms with Crippen molar-refractivity contribution in [2.75, 3.05) is 38.7 Å². The van der Waals surface area contributed by atoms with Gasteiger partial charge in [-0.25, -0.2) is 0 Å². The van der Waals surface area contributed by atoms with E-state index in [1.54, 1.807) is 25.3 Å². The number of benzene rings is 1. The van der Waals surface area contributed by atoms with Gasteiger partial charge in [-0.05, 0) is 25.0 Å². The van der Waals surface area contributed by atoms with E-state index in [-0.39, 0.29) is 18.4 Å². The van der Waals surface area contributed by atoms with Gasteiger partial charge in [-0.1, -0.05) is 25.8 Å². The average molecular weight is 334 g/mol. The number of hydrogen-bond acceptors (Lipinski definition) is 4. The number of anilines is 1. The summed E-state index contributed by atoms with van der Waals surface area (Å²) in [6, 6.07) is 5.28. The largest absolute Gasteiger partial charge is 0.482 e. The number of ether oxygens (including phenoxy) is 2. The number of nitrogens with one attached hydrogen (secondary N) is 1. The maximum Gasteiger partial charge on any atom is 0.262 e. The Morgan fingerprint density at radius 1 is 1.29 bits per heavy atom. The van der Waals surface area contributed by atoms with Crippen molar-refractivity contribution in [1.82, 2.24) is 4.90 Å². The molecule has 1 heterocycles. The minimum atomic E-state index is -0.236. The molecule has 6 nitrogen and oxygen atoms in total. The molecular weight excluding hydrogens is 308 g/mol. The first-order valence-corrected chi connectivity index (χ1v) is 8.51. The number of rotatable bonds is 9. The SMILES string of the molecule is CCCCCN(CCCOC)C(=O)c1cccc2c1NC(=O)CO2. The lowest BCUT2D eigenvalue weighted by Crippen LogP contribution is -2.35. The molecule has 0 atom stereocenters. The molecular formula is C18H26N2O4. The maximum absolute atomic E-state index is 13.0. The molecule has 0 unspecified atom stereocenters. The molecule has 0 fully saturated rings. The fourth-order valence-electron chi connectivity index (χ4n) is 2.72. The molecule has 2 rings (SSSR count). The van der Waals surface area contributed by atoms with Crippen molar-refractivity contribution in [3.63, 3.8) is 0 Å². The van der Waals surface area contributed by atoms with Crippen LogP contribution in [-0.2, 0) is 9.53 Å². The number of fused-ring (bicyclic) bond motifs is 1. The topological polar surface area (TPSA) is 67.9 Å². The van der Waals surface area contributed by atoms with Crippen molar-refractivity contribution >= 4 is 17.5 Å². The number of nitrogens with zero attached hydrogens (tertiary/aromatic N) is 1. The second-order valence-electron chi connectivity index (χ2n) is 5.86. The van der Waals surface area contributed by atoms with Crippen LogP contribution in [0.4, 0.5) is 5.69 Å². The van der Waals surface area contributed by atoms with Crippen LogP contribution >= 0.6 is 0 Å². The number of carbonyl (C=O) groups excluding carboxylic acids is 2. The Bertz CT molecular complexity index is 564. The number of para-hydroxylation sites is 1. The second-order valence-corrected chi connectivity index (χ2v) is 5.86. The molecule has 132 valence electrons. The Balaban J connectivity index is 2.16. The Kier molecular flexibility index (Phi) is 7.06. The van der Waals surface area contributed by atoms with Gasteiger partial charge in [0.1, 0.15) is 5.75 Å². The summed E-state index contributed by atoms with van der Waals surface area (Å²) in [7, 11) is 1.66. The quantitative estimate of drug-likeness (QED) is 0.705. The Labute approximate surface area is 143 Å². The van der Waals surface area contributed by atoms with Crippen LogP contribution in [0.1, 0.15) is 43.0 Å². The van der Waals surface area contributed by atoms with Crippen LogP contribution in [0, 0.1) is 0 Å². The van der Waals surface area contributed by atoms with Gasteiger partial charge in [0.05, 0.1) is 11.3 Å². The summed E-state index contributed by atoms with van der Waals surface area (Å²) in [5, 5.41) is 2.76. The van der Waals surface area contributed by atoms with E-state index in [0.717, 1.165) is 25.7 Å². The van der Waals surface area contributed by atoms with Crippen LogP contribution in [0.3, 0.4) is 0 Å². The molecule has 0 spiro atoms. The highest BCUT2D eigenvalue weighted by Crippen LogP contribution is 2.32. The standard InChI is InChI=1S/C18H26N2O4/c1-3-4-5-10-20(11-7-12-23-2)18(22)14-8-6-9-15-17(14)19-16(21)13-24-15/h6,8-9H,3-5,7,10-13H2,1-2H3,(H,19,21). The van der Waals surface area contributed by atoms with E-state index in [2.05, 4.69) is 12.2 Å². The van der Waals surface area contributed by atoms with Gasteiger partial charge in [-0.3, -0.25) is 9.59 Å². The fourth-order valence-corrected chi connectivity index (χ4v) is 2.72. The highest BCUT2D eigenvalue weighted by molar-refractivity contribution is 6.06. The maximum atomic E-state index is 13.0. The Hall–Kier alpha value is -2.08. The zero-order valence-corrected chi connectivity index (χ0v) is 14.5. The lowest BCUT2D eigenvalue weighted by molar-refractivity contribution is -0.118. The molecule has 24 heavy (non-hydrogen) atoms. The van der Waals surface area contributed by atoms with Crippen LogP contribution < -0.4 is 10.1 Å². The number of methoxy groups -OCH3 is 1. The molecule has 0 bridgehead atoms. The van der Waals surface area contributed by atoms with Crippen LogP contribution in [0.15, 0.2) is 18.2 Å². The van der Waals surface area contributed by atoms with Gasteiger partial charge < -0.3 is 19.7 Å². The molecule has 0 radical (unpaired) electrons. The lowest BCUT2D eigenvalue weighted by atomic mass is 10.1.